The molecule has 1 heterocycles. The summed E-state index contributed by atoms with van der Waals surface area (Å²) < 4.78 is 40.0. The maximum Gasteiger partial charge on any atom is 0.416 e. The van der Waals surface area contributed by atoms with Gasteiger partial charge in [-0.3, -0.25) is 14.2 Å². The molecule has 0 spiro atoms. The minimum atomic E-state index is -4.49. The largest absolute Gasteiger partial charge is 0.416 e. The average Bonchev–Trinajstić information content (AvgIpc) is 3.14. The highest BCUT2D eigenvalue weighted by Crippen LogP contribution is 2.30. The highest BCUT2D eigenvalue weighted by atomic mass is 32.2. The first-order valence-electron chi connectivity index (χ1n) is 8.60. The van der Waals surface area contributed by atoms with Crippen molar-refractivity contribution >= 4 is 35.0 Å². The van der Waals surface area contributed by atoms with E-state index in [0.29, 0.717) is 16.5 Å². The molecule has 0 aliphatic rings. The smallest absolute Gasteiger partial charge is 0.326 e. The first-order valence-corrected chi connectivity index (χ1v) is 9.59. The Hall–Kier alpha value is -3.34. The van der Waals surface area contributed by atoms with Crippen LogP contribution in [-0.4, -0.2) is 32.3 Å². The summed E-state index contributed by atoms with van der Waals surface area (Å²) in [5.74, 6) is -0.780. The Bertz CT molecular complexity index is 1070. The topological polar surface area (TPSA) is 88.9 Å². The van der Waals surface area contributed by atoms with E-state index >= 15 is 0 Å². The molecule has 0 atom stereocenters. The third-order valence-corrected chi connectivity index (χ3v) is 4.71. The quantitative estimate of drug-likeness (QED) is 0.572. The Balaban J connectivity index is 1.66. The van der Waals surface area contributed by atoms with E-state index in [-0.39, 0.29) is 17.3 Å². The van der Waals surface area contributed by atoms with Crippen LogP contribution in [0, 0.1) is 0 Å². The first kappa shape index (κ1) is 21.4. The molecule has 7 nitrogen and oxygen atoms in total. The number of benzene rings is 2. The van der Waals surface area contributed by atoms with Crippen molar-refractivity contribution in [3.8, 4) is 5.69 Å². The zero-order valence-corrected chi connectivity index (χ0v) is 16.4. The van der Waals surface area contributed by atoms with Gasteiger partial charge in [-0.2, -0.15) is 13.2 Å². The summed E-state index contributed by atoms with van der Waals surface area (Å²) in [4.78, 5) is 23.4. The molecule has 0 radical (unpaired) electrons. The maximum atomic E-state index is 12.8. The lowest BCUT2D eigenvalue weighted by Gasteiger charge is -2.10. The molecule has 1 aromatic heterocycles. The van der Waals surface area contributed by atoms with Crippen LogP contribution < -0.4 is 10.6 Å². The van der Waals surface area contributed by atoms with Gasteiger partial charge in [-0.25, -0.2) is 0 Å². The van der Waals surface area contributed by atoms with Crippen LogP contribution in [0.4, 0.5) is 24.5 Å². The number of anilines is 2. The molecule has 2 N–H and O–H groups in total. The molecule has 3 rings (SSSR count). The Morgan fingerprint density at radius 2 is 1.77 bits per heavy atom. The molecule has 3 aromatic rings. The fourth-order valence-electron chi connectivity index (χ4n) is 2.54. The SMILES string of the molecule is CC(=O)Nc1cccc(-n2cnnc2SCC(=O)Nc2cccc(C(F)(F)F)c2)c1. The Morgan fingerprint density at radius 1 is 1.07 bits per heavy atom. The number of nitrogens with one attached hydrogen (secondary N) is 2. The fraction of sp³-hybridized carbons (Fsp3) is 0.158. The third-order valence-electron chi connectivity index (χ3n) is 3.77. The molecule has 0 saturated heterocycles. The minimum Gasteiger partial charge on any atom is -0.326 e. The molecule has 0 bridgehead atoms. The number of alkyl halides is 3. The van der Waals surface area contributed by atoms with Crippen LogP contribution in [0.15, 0.2) is 60.0 Å². The van der Waals surface area contributed by atoms with Crippen LogP contribution in [-0.2, 0) is 15.8 Å². The Labute approximate surface area is 173 Å². The first-order chi connectivity index (χ1) is 14.2. The minimum absolute atomic E-state index is 0.0555. The molecule has 0 unspecified atom stereocenters. The second-order valence-corrected chi connectivity index (χ2v) is 7.07. The van der Waals surface area contributed by atoms with Crippen molar-refractivity contribution in [1.29, 1.82) is 0 Å². The standard InChI is InChI=1S/C19H16F3N5O2S/c1-12(28)24-15-6-3-7-16(9-15)27-11-23-26-18(27)30-10-17(29)25-14-5-2-4-13(8-14)19(20,21)22/h2-9,11H,10H2,1H3,(H,24,28)(H,25,29). The van der Waals surface area contributed by atoms with Gasteiger partial charge in [0, 0.05) is 18.3 Å². The van der Waals surface area contributed by atoms with Crippen LogP contribution in [0.5, 0.6) is 0 Å². The van der Waals surface area contributed by atoms with Crippen molar-refractivity contribution in [2.45, 2.75) is 18.3 Å². The summed E-state index contributed by atoms with van der Waals surface area (Å²) in [5.41, 5.74) is 0.477. The van der Waals surface area contributed by atoms with Gasteiger partial charge < -0.3 is 10.6 Å². The Kier molecular flexibility index (Phi) is 6.40. The van der Waals surface area contributed by atoms with Crippen molar-refractivity contribution < 1.29 is 22.8 Å². The number of aromatic nitrogens is 3. The second kappa shape index (κ2) is 8.99. The molecule has 0 aliphatic heterocycles. The van der Waals surface area contributed by atoms with Crippen LogP contribution in [0.2, 0.25) is 0 Å². The van der Waals surface area contributed by atoms with E-state index in [1.165, 1.54) is 25.4 Å². The monoisotopic (exact) mass is 435 g/mol. The van der Waals surface area contributed by atoms with Crippen LogP contribution >= 0.6 is 11.8 Å². The van der Waals surface area contributed by atoms with Crippen molar-refractivity contribution in [3.05, 3.63) is 60.4 Å². The molecule has 11 heteroatoms. The summed E-state index contributed by atoms with van der Waals surface area (Å²) >= 11 is 1.07. The van der Waals surface area contributed by atoms with Crippen molar-refractivity contribution in [1.82, 2.24) is 14.8 Å². The van der Waals surface area contributed by atoms with Gasteiger partial charge in [-0.1, -0.05) is 23.9 Å². The molecule has 2 aromatic carbocycles. The van der Waals surface area contributed by atoms with E-state index in [9.17, 15) is 22.8 Å². The molecule has 156 valence electrons. The van der Waals surface area contributed by atoms with Crippen LogP contribution in [0.3, 0.4) is 0 Å². The normalized spacial score (nSPS) is 11.2. The third kappa shape index (κ3) is 5.60. The van der Waals surface area contributed by atoms with Gasteiger partial charge in [0.25, 0.3) is 0 Å². The molecule has 2 amide bonds. The van der Waals surface area contributed by atoms with Gasteiger partial charge in [-0.05, 0) is 36.4 Å². The molecule has 30 heavy (non-hydrogen) atoms. The van der Waals surface area contributed by atoms with Crippen molar-refractivity contribution in [3.63, 3.8) is 0 Å². The van der Waals surface area contributed by atoms with E-state index in [0.717, 1.165) is 23.9 Å². The fourth-order valence-corrected chi connectivity index (χ4v) is 3.27. The summed E-state index contributed by atoms with van der Waals surface area (Å²) in [7, 11) is 0. The molecule has 0 fully saturated rings. The number of amides is 2. The summed E-state index contributed by atoms with van der Waals surface area (Å²) in [6.07, 6.45) is -3.03. The molecular weight excluding hydrogens is 419 g/mol. The van der Waals surface area contributed by atoms with Crippen LogP contribution in [0.1, 0.15) is 12.5 Å². The van der Waals surface area contributed by atoms with Gasteiger partial charge in [0.15, 0.2) is 5.16 Å². The number of halogens is 3. The van der Waals surface area contributed by atoms with Crippen molar-refractivity contribution in [2.75, 3.05) is 16.4 Å². The van der Waals surface area contributed by atoms with Gasteiger partial charge in [0.05, 0.1) is 17.0 Å². The number of hydrogen-bond donors (Lipinski definition) is 2. The van der Waals surface area contributed by atoms with E-state index in [1.807, 2.05) is 0 Å². The summed E-state index contributed by atoms with van der Waals surface area (Å²) in [6.45, 7) is 1.40. The molecule has 0 aliphatic carbocycles. The highest BCUT2D eigenvalue weighted by Gasteiger charge is 2.30. The van der Waals surface area contributed by atoms with Gasteiger partial charge in [0.1, 0.15) is 6.33 Å². The van der Waals surface area contributed by atoms with E-state index in [1.54, 1.807) is 28.8 Å². The van der Waals surface area contributed by atoms with Crippen molar-refractivity contribution in [2.24, 2.45) is 0 Å². The lowest BCUT2D eigenvalue weighted by atomic mass is 10.2. The Morgan fingerprint density at radius 3 is 2.47 bits per heavy atom. The molecular formula is C19H16F3N5O2S. The number of nitrogens with zero attached hydrogens (tertiary/aromatic N) is 3. The average molecular weight is 435 g/mol. The maximum absolute atomic E-state index is 12.8. The predicted octanol–water partition coefficient (Wildman–Crippen LogP) is 3.98. The number of carbonyl (C=O) groups is 2. The second-order valence-electron chi connectivity index (χ2n) is 6.13. The summed E-state index contributed by atoms with van der Waals surface area (Å²) in [6, 6.07) is 11.4. The van der Waals surface area contributed by atoms with Crippen LogP contribution in [0.25, 0.3) is 5.69 Å². The van der Waals surface area contributed by atoms with E-state index < -0.39 is 17.6 Å². The zero-order valence-electron chi connectivity index (χ0n) is 15.6. The van der Waals surface area contributed by atoms with E-state index in [4.69, 9.17) is 0 Å². The highest BCUT2D eigenvalue weighted by molar-refractivity contribution is 7.99. The van der Waals surface area contributed by atoms with Gasteiger partial charge in [-0.15, -0.1) is 10.2 Å². The predicted molar refractivity (Wildman–Crippen MR) is 106 cm³/mol. The summed E-state index contributed by atoms with van der Waals surface area (Å²) in [5, 5.41) is 13.3. The number of rotatable bonds is 6. The number of hydrogen-bond acceptors (Lipinski definition) is 5. The van der Waals surface area contributed by atoms with Gasteiger partial charge in [0.2, 0.25) is 11.8 Å². The number of carbonyl (C=O) groups excluding carboxylic acids is 2. The lowest BCUT2D eigenvalue weighted by molar-refractivity contribution is -0.137. The lowest BCUT2D eigenvalue weighted by Crippen LogP contribution is -2.15. The zero-order chi connectivity index (χ0) is 21.7. The number of thioether (sulfide) groups is 1. The van der Waals surface area contributed by atoms with E-state index in [2.05, 4.69) is 20.8 Å². The molecule has 0 saturated carbocycles. The van der Waals surface area contributed by atoms with Gasteiger partial charge >= 0.3 is 6.18 Å².